The van der Waals surface area contributed by atoms with Gasteiger partial charge in [-0.15, -0.1) is 0 Å². The topological polar surface area (TPSA) is 12.0 Å². The van der Waals surface area contributed by atoms with Crippen molar-refractivity contribution in [3.8, 4) is 0 Å². The van der Waals surface area contributed by atoms with Crippen LogP contribution in [0.3, 0.4) is 0 Å². The highest BCUT2D eigenvalue weighted by Gasteiger charge is 2.01. The van der Waals surface area contributed by atoms with Crippen molar-refractivity contribution in [1.82, 2.24) is 5.32 Å². The Labute approximate surface area is 108 Å². The molecule has 0 aliphatic rings. The monoisotopic (exact) mass is 283 g/mol. The summed E-state index contributed by atoms with van der Waals surface area (Å²) >= 11 is 3.65. The Bertz CT molecular complexity index is 323. The first-order valence-corrected chi connectivity index (χ1v) is 6.96. The molecule has 0 spiro atoms. The van der Waals surface area contributed by atoms with Gasteiger partial charge in [0.1, 0.15) is 0 Å². The van der Waals surface area contributed by atoms with Gasteiger partial charge in [0.15, 0.2) is 0 Å². The first kappa shape index (κ1) is 13.7. The van der Waals surface area contributed by atoms with Gasteiger partial charge in [0.25, 0.3) is 0 Å². The number of rotatable bonds is 6. The lowest BCUT2D eigenvalue weighted by molar-refractivity contribution is 0.629. The van der Waals surface area contributed by atoms with Gasteiger partial charge in [0.2, 0.25) is 0 Å². The average Bonchev–Trinajstić information content (AvgIpc) is 2.28. The van der Waals surface area contributed by atoms with Crippen LogP contribution in [0.25, 0.3) is 0 Å². The number of alkyl halides is 1. The molecular weight excluding hydrogens is 262 g/mol. The fourth-order valence-electron chi connectivity index (χ4n) is 1.68. The third-order valence-electron chi connectivity index (χ3n) is 2.90. The zero-order chi connectivity index (χ0) is 12.0. The van der Waals surface area contributed by atoms with Crippen molar-refractivity contribution < 1.29 is 0 Å². The molecule has 1 nitrogen and oxygen atoms in total. The van der Waals surface area contributed by atoms with Gasteiger partial charge in [-0.25, -0.2) is 0 Å². The highest BCUT2D eigenvalue weighted by molar-refractivity contribution is 9.09. The largest absolute Gasteiger partial charge is 0.313 e. The smallest absolute Gasteiger partial charge is 0.0208 e. The predicted molar refractivity (Wildman–Crippen MR) is 75.2 cm³/mol. The lowest BCUT2D eigenvalue weighted by atomic mass is 10.1. The van der Waals surface area contributed by atoms with Crippen molar-refractivity contribution >= 4 is 15.9 Å². The Kier molecular flexibility index (Phi) is 6.07. The Morgan fingerprint density at radius 1 is 1.31 bits per heavy atom. The Morgan fingerprint density at radius 3 is 2.75 bits per heavy atom. The maximum Gasteiger partial charge on any atom is 0.0208 e. The second kappa shape index (κ2) is 7.08. The van der Waals surface area contributed by atoms with Crippen LogP contribution in [0.4, 0.5) is 0 Å². The highest BCUT2D eigenvalue weighted by atomic mass is 79.9. The normalized spacial score (nSPS) is 12.8. The SMILES string of the molecule is CCC(Br)CCNCc1cc(C)ccc1C. The summed E-state index contributed by atoms with van der Waals surface area (Å²) in [5.41, 5.74) is 4.14. The first-order valence-electron chi connectivity index (χ1n) is 6.04. The third kappa shape index (κ3) is 4.67. The van der Waals surface area contributed by atoms with Crippen LogP contribution in [0.1, 0.15) is 36.5 Å². The van der Waals surface area contributed by atoms with Crippen LogP contribution in [-0.2, 0) is 6.54 Å². The van der Waals surface area contributed by atoms with E-state index in [0.717, 1.165) is 13.1 Å². The van der Waals surface area contributed by atoms with Gasteiger partial charge in [-0.05, 0) is 44.4 Å². The minimum absolute atomic E-state index is 0.651. The van der Waals surface area contributed by atoms with Crippen LogP contribution in [0, 0.1) is 13.8 Å². The van der Waals surface area contributed by atoms with Crippen molar-refractivity contribution in [2.75, 3.05) is 6.54 Å². The molecule has 1 aromatic carbocycles. The van der Waals surface area contributed by atoms with Crippen LogP contribution in [0.15, 0.2) is 18.2 Å². The van der Waals surface area contributed by atoms with E-state index in [0.29, 0.717) is 4.83 Å². The van der Waals surface area contributed by atoms with Crippen molar-refractivity contribution in [1.29, 1.82) is 0 Å². The van der Waals surface area contributed by atoms with E-state index in [4.69, 9.17) is 0 Å². The van der Waals surface area contributed by atoms with E-state index in [1.165, 1.54) is 29.5 Å². The Morgan fingerprint density at radius 2 is 2.06 bits per heavy atom. The minimum Gasteiger partial charge on any atom is -0.313 e. The number of benzene rings is 1. The molecule has 0 aromatic heterocycles. The van der Waals surface area contributed by atoms with Gasteiger partial charge in [-0.2, -0.15) is 0 Å². The number of hydrogen-bond donors (Lipinski definition) is 1. The minimum atomic E-state index is 0.651. The number of halogens is 1. The summed E-state index contributed by atoms with van der Waals surface area (Å²) in [5.74, 6) is 0. The van der Waals surface area contributed by atoms with Crippen LogP contribution in [0.2, 0.25) is 0 Å². The molecule has 2 heteroatoms. The van der Waals surface area contributed by atoms with Crippen molar-refractivity contribution in [3.05, 3.63) is 34.9 Å². The molecule has 0 aliphatic heterocycles. The standard InChI is InChI=1S/C14H22BrN/c1-4-14(15)7-8-16-10-13-9-11(2)5-6-12(13)3/h5-6,9,14,16H,4,7-8,10H2,1-3H3. The second-order valence-corrected chi connectivity index (χ2v) is 5.70. The molecule has 0 fully saturated rings. The Balaban J connectivity index is 2.34. The maximum absolute atomic E-state index is 3.65. The van der Waals surface area contributed by atoms with Gasteiger partial charge < -0.3 is 5.32 Å². The van der Waals surface area contributed by atoms with Crippen LogP contribution in [-0.4, -0.2) is 11.4 Å². The summed E-state index contributed by atoms with van der Waals surface area (Å²) in [5, 5.41) is 3.50. The summed E-state index contributed by atoms with van der Waals surface area (Å²) < 4.78 is 0. The molecule has 0 saturated heterocycles. The molecule has 0 amide bonds. The second-order valence-electron chi connectivity index (χ2n) is 4.40. The molecule has 1 atom stereocenters. The summed E-state index contributed by atoms with van der Waals surface area (Å²) in [7, 11) is 0. The van der Waals surface area contributed by atoms with E-state index in [2.05, 4.69) is 60.2 Å². The molecule has 0 radical (unpaired) electrons. The first-order chi connectivity index (χ1) is 7.63. The highest BCUT2D eigenvalue weighted by Crippen LogP contribution is 2.11. The van der Waals surface area contributed by atoms with Crippen LogP contribution >= 0.6 is 15.9 Å². The molecule has 1 N–H and O–H groups in total. The summed E-state index contributed by atoms with van der Waals surface area (Å²) in [6.45, 7) is 8.60. The van der Waals surface area contributed by atoms with Crippen molar-refractivity contribution in [2.45, 2.75) is 45.0 Å². The summed E-state index contributed by atoms with van der Waals surface area (Å²) in [6, 6.07) is 6.64. The number of nitrogens with one attached hydrogen (secondary N) is 1. The van der Waals surface area contributed by atoms with E-state index < -0.39 is 0 Å². The van der Waals surface area contributed by atoms with E-state index in [9.17, 15) is 0 Å². The van der Waals surface area contributed by atoms with E-state index in [1.54, 1.807) is 0 Å². The molecule has 90 valence electrons. The fourth-order valence-corrected chi connectivity index (χ4v) is 1.91. The van der Waals surface area contributed by atoms with Crippen molar-refractivity contribution in [2.24, 2.45) is 0 Å². The maximum atomic E-state index is 3.65. The van der Waals surface area contributed by atoms with Gasteiger partial charge in [-0.3, -0.25) is 0 Å². The lowest BCUT2D eigenvalue weighted by Gasteiger charge is -2.10. The molecule has 0 bridgehead atoms. The molecule has 1 rings (SSSR count). The van der Waals surface area contributed by atoms with Crippen molar-refractivity contribution in [3.63, 3.8) is 0 Å². The summed E-state index contributed by atoms with van der Waals surface area (Å²) in [4.78, 5) is 0.651. The zero-order valence-corrected chi connectivity index (χ0v) is 12.1. The van der Waals surface area contributed by atoms with Gasteiger partial charge in [0, 0.05) is 11.4 Å². The average molecular weight is 284 g/mol. The molecule has 16 heavy (non-hydrogen) atoms. The lowest BCUT2D eigenvalue weighted by Crippen LogP contribution is -2.18. The van der Waals surface area contributed by atoms with Gasteiger partial charge >= 0.3 is 0 Å². The molecule has 0 heterocycles. The molecule has 1 aromatic rings. The summed E-state index contributed by atoms with van der Waals surface area (Å²) in [6.07, 6.45) is 2.40. The number of aryl methyl sites for hydroxylation is 2. The van der Waals surface area contributed by atoms with Gasteiger partial charge in [0.05, 0.1) is 0 Å². The zero-order valence-electron chi connectivity index (χ0n) is 10.5. The fraction of sp³-hybridized carbons (Fsp3) is 0.571. The predicted octanol–water partition coefficient (Wildman–Crippen LogP) is 3.96. The van der Waals surface area contributed by atoms with E-state index >= 15 is 0 Å². The Hall–Kier alpha value is -0.340. The van der Waals surface area contributed by atoms with Gasteiger partial charge in [-0.1, -0.05) is 46.6 Å². The third-order valence-corrected chi connectivity index (χ3v) is 4.00. The quantitative estimate of drug-likeness (QED) is 0.616. The van der Waals surface area contributed by atoms with Crippen LogP contribution < -0.4 is 5.32 Å². The van der Waals surface area contributed by atoms with E-state index in [-0.39, 0.29) is 0 Å². The van der Waals surface area contributed by atoms with E-state index in [1.807, 2.05) is 0 Å². The van der Waals surface area contributed by atoms with Crippen LogP contribution in [0.5, 0.6) is 0 Å². The molecule has 0 aliphatic carbocycles. The molecule has 0 saturated carbocycles. The molecule has 1 unspecified atom stereocenters. The number of hydrogen-bond acceptors (Lipinski definition) is 1. The molecular formula is C14H22BrN.